The first-order chi connectivity index (χ1) is 12.2. The summed E-state index contributed by atoms with van der Waals surface area (Å²) in [6.07, 6.45) is 0. The molecule has 0 saturated heterocycles. The van der Waals surface area contributed by atoms with Crippen molar-refractivity contribution in [1.82, 2.24) is 20.6 Å². The molecule has 7 nitrogen and oxygen atoms in total. The molecule has 132 valence electrons. The Labute approximate surface area is 146 Å². The van der Waals surface area contributed by atoms with Crippen molar-refractivity contribution in [3.63, 3.8) is 0 Å². The number of nitrogens with zero attached hydrogens (tertiary/aromatic N) is 3. The number of pyridine rings is 1. The first-order valence-electron chi connectivity index (χ1n) is 8.18. The Balaban J connectivity index is 1.79. The van der Waals surface area contributed by atoms with Gasteiger partial charge in [-0.15, -0.1) is 0 Å². The van der Waals surface area contributed by atoms with E-state index >= 15 is 0 Å². The molecular weight excluding hydrogens is 320 g/mol. The van der Waals surface area contributed by atoms with Crippen molar-refractivity contribution in [1.29, 1.82) is 0 Å². The summed E-state index contributed by atoms with van der Waals surface area (Å²) >= 11 is 0. The third kappa shape index (κ3) is 4.32. The third-order valence-electron chi connectivity index (χ3n) is 3.89. The highest BCUT2D eigenvalue weighted by atomic mass is 16.6. The minimum absolute atomic E-state index is 0.459. The van der Waals surface area contributed by atoms with E-state index in [0.717, 1.165) is 27.9 Å². The van der Waals surface area contributed by atoms with E-state index in [-0.39, 0.29) is 0 Å². The molecule has 3 aromatic rings. The maximum Gasteiger partial charge on any atom is 0.218 e. The number of hydrogen-bond donors (Lipinski definition) is 1. The van der Waals surface area contributed by atoms with Crippen LogP contribution in [0.3, 0.4) is 0 Å². The van der Waals surface area contributed by atoms with Crippen LogP contribution in [-0.2, 0) is 17.8 Å². The number of hydrogen-bond acceptors (Lipinski definition) is 7. The van der Waals surface area contributed by atoms with Crippen LogP contribution < -0.4 is 10.1 Å². The Morgan fingerprint density at radius 1 is 1.08 bits per heavy atom. The van der Waals surface area contributed by atoms with Crippen LogP contribution in [0.5, 0.6) is 5.88 Å². The second-order valence-corrected chi connectivity index (χ2v) is 5.89. The quantitative estimate of drug-likeness (QED) is 0.630. The predicted molar refractivity (Wildman–Crippen MR) is 93.4 cm³/mol. The molecular formula is C18H22N4O3. The third-order valence-corrected chi connectivity index (χ3v) is 3.89. The van der Waals surface area contributed by atoms with E-state index in [1.54, 1.807) is 7.11 Å². The zero-order valence-electron chi connectivity index (χ0n) is 14.7. The number of aryl methyl sites for hydroxylation is 2. The molecule has 0 saturated carbocycles. The normalized spacial score (nSPS) is 11.2. The number of benzene rings is 1. The molecule has 1 aromatic carbocycles. The van der Waals surface area contributed by atoms with Gasteiger partial charge >= 0.3 is 0 Å². The van der Waals surface area contributed by atoms with Crippen molar-refractivity contribution in [2.75, 3.05) is 20.3 Å². The van der Waals surface area contributed by atoms with Crippen molar-refractivity contribution in [2.45, 2.75) is 26.9 Å². The predicted octanol–water partition coefficient (Wildman–Crippen LogP) is 2.55. The minimum atomic E-state index is 0.459. The summed E-state index contributed by atoms with van der Waals surface area (Å²) in [4.78, 5) is 4.66. The van der Waals surface area contributed by atoms with E-state index in [1.165, 1.54) is 5.56 Å². The number of nitrogens with one attached hydrogen (secondary N) is 1. The lowest BCUT2D eigenvalue weighted by Crippen LogP contribution is -2.16. The first-order valence-corrected chi connectivity index (χ1v) is 8.18. The Bertz CT molecular complexity index is 847. The molecule has 2 aromatic heterocycles. The van der Waals surface area contributed by atoms with Gasteiger partial charge in [-0.2, -0.15) is 0 Å². The molecule has 0 fully saturated rings. The maximum atomic E-state index is 5.80. The van der Waals surface area contributed by atoms with Crippen molar-refractivity contribution in [3.05, 3.63) is 46.8 Å². The van der Waals surface area contributed by atoms with Gasteiger partial charge < -0.3 is 14.8 Å². The standard InChI is InChI=1S/C18H22N4O3/c1-12-4-5-16-14(8-12)9-15(18(20-16)24-7-6-23-3)10-19-11-17-13(2)21-25-22-17/h4-5,8-9,19H,6-7,10-11H2,1-3H3. The van der Waals surface area contributed by atoms with E-state index < -0.39 is 0 Å². The van der Waals surface area contributed by atoms with Crippen LogP contribution in [-0.4, -0.2) is 35.6 Å². The molecule has 0 unspecified atom stereocenters. The number of ether oxygens (including phenoxy) is 2. The molecule has 2 heterocycles. The number of aromatic nitrogens is 3. The zero-order valence-corrected chi connectivity index (χ0v) is 14.7. The van der Waals surface area contributed by atoms with E-state index in [9.17, 15) is 0 Å². The van der Waals surface area contributed by atoms with E-state index in [0.29, 0.717) is 32.2 Å². The van der Waals surface area contributed by atoms with Crippen LogP contribution in [0.2, 0.25) is 0 Å². The van der Waals surface area contributed by atoms with Crippen molar-refractivity contribution in [2.24, 2.45) is 0 Å². The molecule has 0 bridgehead atoms. The van der Waals surface area contributed by atoms with Crippen LogP contribution in [0.15, 0.2) is 28.9 Å². The van der Waals surface area contributed by atoms with Crippen LogP contribution in [0.1, 0.15) is 22.5 Å². The Hall–Kier alpha value is -2.51. The number of methoxy groups -OCH3 is 1. The number of fused-ring (bicyclic) bond motifs is 1. The molecule has 0 spiro atoms. The van der Waals surface area contributed by atoms with Gasteiger partial charge in [-0.1, -0.05) is 21.9 Å². The Morgan fingerprint density at radius 2 is 1.96 bits per heavy atom. The van der Waals surface area contributed by atoms with Gasteiger partial charge in [0.1, 0.15) is 18.0 Å². The first kappa shape index (κ1) is 17.3. The van der Waals surface area contributed by atoms with E-state index in [4.69, 9.17) is 14.1 Å². The smallest absolute Gasteiger partial charge is 0.218 e. The molecule has 0 aliphatic heterocycles. The monoisotopic (exact) mass is 342 g/mol. The van der Waals surface area contributed by atoms with Gasteiger partial charge in [0.15, 0.2) is 0 Å². The largest absolute Gasteiger partial charge is 0.475 e. The van der Waals surface area contributed by atoms with Gasteiger partial charge in [-0.3, -0.25) is 0 Å². The summed E-state index contributed by atoms with van der Waals surface area (Å²) in [6.45, 7) is 6.09. The number of rotatable bonds is 8. The highest BCUT2D eigenvalue weighted by Gasteiger charge is 2.10. The van der Waals surface area contributed by atoms with Gasteiger partial charge in [0.25, 0.3) is 0 Å². The highest BCUT2D eigenvalue weighted by Crippen LogP contribution is 2.23. The average molecular weight is 342 g/mol. The average Bonchev–Trinajstić information content (AvgIpc) is 3.00. The summed E-state index contributed by atoms with van der Waals surface area (Å²) in [5.41, 5.74) is 4.69. The summed E-state index contributed by atoms with van der Waals surface area (Å²) < 4.78 is 15.6. The molecule has 0 aliphatic carbocycles. The van der Waals surface area contributed by atoms with Gasteiger partial charge in [-0.05, 0) is 32.0 Å². The zero-order chi connectivity index (χ0) is 17.6. The van der Waals surface area contributed by atoms with Gasteiger partial charge in [0, 0.05) is 31.1 Å². The fourth-order valence-electron chi connectivity index (χ4n) is 2.52. The second-order valence-electron chi connectivity index (χ2n) is 5.89. The Kier molecular flexibility index (Phi) is 5.57. The van der Waals surface area contributed by atoms with Crippen molar-refractivity contribution in [3.8, 4) is 5.88 Å². The van der Waals surface area contributed by atoms with Crippen LogP contribution in [0.25, 0.3) is 10.9 Å². The van der Waals surface area contributed by atoms with Gasteiger partial charge in [0.05, 0.1) is 12.1 Å². The van der Waals surface area contributed by atoms with Crippen molar-refractivity contribution < 1.29 is 14.1 Å². The second kappa shape index (κ2) is 8.04. The van der Waals surface area contributed by atoms with Crippen LogP contribution >= 0.6 is 0 Å². The molecule has 0 atom stereocenters. The van der Waals surface area contributed by atoms with Crippen LogP contribution in [0.4, 0.5) is 0 Å². The molecule has 1 N–H and O–H groups in total. The molecule has 3 rings (SSSR count). The fraction of sp³-hybridized carbons (Fsp3) is 0.389. The van der Waals surface area contributed by atoms with Gasteiger partial charge in [-0.25, -0.2) is 9.61 Å². The summed E-state index contributed by atoms with van der Waals surface area (Å²) in [5.74, 6) is 0.621. The molecule has 0 radical (unpaired) electrons. The maximum absolute atomic E-state index is 5.80. The highest BCUT2D eigenvalue weighted by molar-refractivity contribution is 5.80. The summed E-state index contributed by atoms with van der Waals surface area (Å²) in [5, 5.41) is 12.1. The van der Waals surface area contributed by atoms with Gasteiger partial charge in [0.2, 0.25) is 5.88 Å². The summed E-state index contributed by atoms with van der Waals surface area (Å²) in [6, 6.07) is 8.29. The lowest BCUT2D eigenvalue weighted by Gasteiger charge is -2.12. The van der Waals surface area contributed by atoms with E-state index in [1.807, 2.05) is 19.1 Å². The molecule has 0 amide bonds. The van der Waals surface area contributed by atoms with E-state index in [2.05, 4.69) is 39.7 Å². The lowest BCUT2D eigenvalue weighted by atomic mass is 10.1. The molecule has 25 heavy (non-hydrogen) atoms. The molecule has 7 heteroatoms. The fourth-order valence-corrected chi connectivity index (χ4v) is 2.52. The topological polar surface area (TPSA) is 82.3 Å². The lowest BCUT2D eigenvalue weighted by molar-refractivity contribution is 0.143. The Morgan fingerprint density at radius 3 is 2.72 bits per heavy atom. The SMILES string of the molecule is COCCOc1nc2ccc(C)cc2cc1CNCc1nonc1C. The van der Waals surface area contributed by atoms with Crippen LogP contribution in [0, 0.1) is 13.8 Å². The minimum Gasteiger partial charge on any atom is -0.475 e. The molecule has 0 aliphatic rings. The summed E-state index contributed by atoms with van der Waals surface area (Å²) in [7, 11) is 1.65. The van der Waals surface area contributed by atoms with Crippen molar-refractivity contribution >= 4 is 10.9 Å².